The molecular formula is C17H14ClN5O3S. The van der Waals surface area contributed by atoms with Crippen molar-refractivity contribution in [2.45, 2.75) is 6.04 Å². The van der Waals surface area contributed by atoms with Gasteiger partial charge in [-0.1, -0.05) is 11.6 Å². The maximum Gasteiger partial charge on any atom is 0.275 e. The molecule has 138 valence electrons. The predicted molar refractivity (Wildman–Crippen MR) is 103 cm³/mol. The second-order valence-corrected chi connectivity index (χ2v) is 6.72. The number of halogens is 1. The van der Waals surface area contributed by atoms with Crippen molar-refractivity contribution in [3.63, 3.8) is 0 Å². The number of rotatable bonds is 3. The Hall–Kier alpha value is -2.62. The van der Waals surface area contributed by atoms with Crippen LogP contribution in [0.2, 0.25) is 5.02 Å². The standard InChI is InChI=1S/C17H14ClN5O3S/c18-11-7-10(21-15(24)12-8-19-3-4-20-12)1-2-13(11)23-16(25)14-9-26-6-5-22(14)17(23)27/h1-4,7-8,14H,5-6,9H2,(H,21,24). The Morgan fingerprint density at radius 3 is 2.93 bits per heavy atom. The molecule has 1 atom stereocenters. The molecule has 10 heteroatoms. The first-order valence-electron chi connectivity index (χ1n) is 8.15. The zero-order chi connectivity index (χ0) is 19.0. The Labute approximate surface area is 165 Å². The molecule has 8 nitrogen and oxygen atoms in total. The van der Waals surface area contributed by atoms with E-state index in [1.165, 1.54) is 23.5 Å². The van der Waals surface area contributed by atoms with Gasteiger partial charge in [-0.15, -0.1) is 0 Å². The lowest BCUT2D eigenvalue weighted by Crippen LogP contribution is -2.44. The number of nitrogens with zero attached hydrogens (tertiary/aromatic N) is 4. The van der Waals surface area contributed by atoms with Crippen LogP contribution in [0.5, 0.6) is 0 Å². The summed E-state index contributed by atoms with van der Waals surface area (Å²) in [5, 5.41) is 3.40. The van der Waals surface area contributed by atoms with Gasteiger partial charge in [-0.25, -0.2) is 4.98 Å². The Bertz CT molecular complexity index is 902. The predicted octanol–water partition coefficient (Wildman–Crippen LogP) is 1.71. The van der Waals surface area contributed by atoms with E-state index in [4.69, 9.17) is 28.6 Å². The van der Waals surface area contributed by atoms with E-state index in [1.807, 2.05) is 4.90 Å². The molecule has 2 aliphatic heterocycles. The Morgan fingerprint density at radius 1 is 1.37 bits per heavy atom. The molecule has 1 aromatic carbocycles. The molecule has 1 aromatic heterocycles. The third kappa shape index (κ3) is 3.25. The summed E-state index contributed by atoms with van der Waals surface area (Å²) in [6.07, 6.45) is 4.28. The van der Waals surface area contributed by atoms with E-state index in [2.05, 4.69) is 15.3 Å². The fourth-order valence-corrected chi connectivity index (χ4v) is 3.68. The first kappa shape index (κ1) is 17.8. The summed E-state index contributed by atoms with van der Waals surface area (Å²) >= 11 is 11.8. The largest absolute Gasteiger partial charge is 0.377 e. The first-order chi connectivity index (χ1) is 13.1. The van der Waals surface area contributed by atoms with E-state index in [0.29, 0.717) is 41.3 Å². The molecule has 2 aromatic rings. The topological polar surface area (TPSA) is 87.7 Å². The molecule has 4 rings (SSSR count). The minimum Gasteiger partial charge on any atom is -0.377 e. The van der Waals surface area contributed by atoms with Gasteiger partial charge in [0.1, 0.15) is 11.7 Å². The summed E-state index contributed by atoms with van der Waals surface area (Å²) < 4.78 is 5.38. The van der Waals surface area contributed by atoms with Gasteiger partial charge >= 0.3 is 0 Å². The average Bonchev–Trinajstić information content (AvgIpc) is 2.94. The van der Waals surface area contributed by atoms with Crippen molar-refractivity contribution in [1.82, 2.24) is 14.9 Å². The normalized spacial score (nSPS) is 19.2. The number of thiocarbonyl (C=S) groups is 1. The quantitative estimate of drug-likeness (QED) is 0.780. The van der Waals surface area contributed by atoms with Gasteiger partial charge in [0.2, 0.25) is 0 Å². The van der Waals surface area contributed by atoms with Gasteiger partial charge in [0.15, 0.2) is 5.11 Å². The second kappa shape index (κ2) is 7.18. The third-order valence-electron chi connectivity index (χ3n) is 4.31. The Kier molecular flexibility index (Phi) is 4.73. The number of hydrogen-bond donors (Lipinski definition) is 1. The van der Waals surface area contributed by atoms with Crippen molar-refractivity contribution in [2.75, 3.05) is 30.0 Å². The molecule has 0 bridgehead atoms. The van der Waals surface area contributed by atoms with E-state index in [0.717, 1.165) is 0 Å². The number of hydrogen-bond acceptors (Lipinski definition) is 6. The van der Waals surface area contributed by atoms with E-state index < -0.39 is 11.9 Å². The van der Waals surface area contributed by atoms with E-state index in [1.54, 1.807) is 18.2 Å². The maximum atomic E-state index is 12.7. The molecule has 0 saturated carbocycles. The van der Waals surface area contributed by atoms with Gasteiger partial charge in [-0.3, -0.25) is 19.5 Å². The van der Waals surface area contributed by atoms with Gasteiger partial charge in [0, 0.05) is 24.6 Å². The minimum absolute atomic E-state index is 0.169. The first-order valence-corrected chi connectivity index (χ1v) is 8.94. The number of ether oxygens (including phenoxy) is 1. The number of nitrogens with one attached hydrogen (secondary N) is 1. The molecule has 1 N–H and O–H groups in total. The number of amides is 2. The molecule has 2 aliphatic rings. The second-order valence-electron chi connectivity index (χ2n) is 5.95. The van der Waals surface area contributed by atoms with Crippen molar-refractivity contribution >= 4 is 52.1 Å². The van der Waals surface area contributed by atoms with Crippen molar-refractivity contribution in [2.24, 2.45) is 0 Å². The number of carbonyl (C=O) groups excluding carboxylic acids is 2. The smallest absolute Gasteiger partial charge is 0.275 e. The van der Waals surface area contributed by atoms with Crippen LogP contribution in [0, 0.1) is 0 Å². The number of aromatic nitrogens is 2. The summed E-state index contributed by atoms with van der Waals surface area (Å²) in [6.45, 7) is 1.40. The van der Waals surface area contributed by atoms with Crippen LogP contribution in [-0.2, 0) is 9.53 Å². The Morgan fingerprint density at radius 2 is 2.22 bits per heavy atom. The molecule has 0 aliphatic carbocycles. The van der Waals surface area contributed by atoms with Gasteiger partial charge < -0.3 is 15.0 Å². The molecule has 27 heavy (non-hydrogen) atoms. The summed E-state index contributed by atoms with van der Waals surface area (Å²) in [7, 11) is 0. The average molecular weight is 404 g/mol. The van der Waals surface area contributed by atoms with Crippen molar-refractivity contribution < 1.29 is 14.3 Å². The van der Waals surface area contributed by atoms with Crippen LogP contribution < -0.4 is 10.2 Å². The molecular weight excluding hydrogens is 390 g/mol. The van der Waals surface area contributed by atoms with Gasteiger partial charge in [0.05, 0.1) is 30.1 Å². The van der Waals surface area contributed by atoms with Crippen molar-refractivity contribution in [3.8, 4) is 0 Å². The highest BCUT2D eigenvalue weighted by Gasteiger charge is 2.45. The molecule has 2 saturated heterocycles. The molecule has 2 amide bonds. The van der Waals surface area contributed by atoms with Crippen LogP contribution in [-0.4, -0.2) is 57.6 Å². The molecule has 0 spiro atoms. The number of fused-ring (bicyclic) bond motifs is 1. The lowest BCUT2D eigenvalue weighted by atomic mass is 10.2. The lowest BCUT2D eigenvalue weighted by molar-refractivity contribution is -0.123. The third-order valence-corrected chi connectivity index (χ3v) is 5.03. The van der Waals surface area contributed by atoms with Crippen molar-refractivity contribution in [3.05, 3.63) is 47.5 Å². The fraction of sp³-hybridized carbons (Fsp3) is 0.235. The van der Waals surface area contributed by atoms with E-state index in [9.17, 15) is 9.59 Å². The SMILES string of the molecule is O=C(Nc1ccc(N2C(=O)C3COCCN3C2=S)c(Cl)c1)c1cnccn1. The molecule has 2 fully saturated rings. The van der Waals surface area contributed by atoms with E-state index >= 15 is 0 Å². The van der Waals surface area contributed by atoms with Crippen molar-refractivity contribution in [1.29, 1.82) is 0 Å². The zero-order valence-corrected chi connectivity index (χ0v) is 15.5. The van der Waals surface area contributed by atoms with Crippen LogP contribution >= 0.6 is 23.8 Å². The highest BCUT2D eigenvalue weighted by atomic mass is 35.5. The Balaban J connectivity index is 1.56. The van der Waals surface area contributed by atoms with Crippen LogP contribution in [0.25, 0.3) is 0 Å². The van der Waals surface area contributed by atoms with Crippen LogP contribution in [0.4, 0.5) is 11.4 Å². The highest BCUT2D eigenvalue weighted by molar-refractivity contribution is 7.80. The highest BCUT2D eigenvalue weighted by Crippen LogP contribution is 2.34. The van der Waals surface area contributed by atoms with Gasteiger partial charge in [-0.2, -0.15) is 0 Å². The summed E-state index contributed by atoms with van der Waals surface area (Å²) in [4.78, 5) is 36.0. The number of anilines is 2. The van der Waals surface area contributed by atoms with Crippen LogP contribution in [0.1, 0.15) is 10.5 Å². The monoisotopic (exact) mass is 403 g/mol. The maximum absolute atomic E-state index is 12.7. The summed E-state index contributed by atoms with van der Waals surface area (Å²) in [5.74, 6) is -0.577. The van der Waals surface area contributed by atoms with Gasteiger partial charge in [0.25, 0.3) is 11.8 Å². The number of carbonyl (C=O) groups is 2. The summed E-state index contributed by atoms with van der Waals surface area (Å²) in [6, 6.07) is 4.45. The molecule has 3 heterocycles. The van der Waals surface area contributed by atoms with Crippen LogP contribution in [0.3, 0.4) is 0 Å². The minimum atomic E-state index is -0.418. The zero-order valence-electron chi connectivity index (χ0n) is 14.0. The summed E-state index contributed by atoms with van der Waals surface area (Å²) in [5.41, 5.74) is 1.13. The molecule has 0 radical (unpaired) electrons. The fourth-order valence-electron chi connectivity index (χ4n) is 3.01. The van der Waals surface area contributed by atoms with E-state index in [-0.39, 0.29) is 11.6 Å². The van der Waals surface area contributed by atoms with Crippen LogP contribution in [0.15, 0.2) is 36.8 Å². The van der Waals surface area contributed by atoms with Gasteiger partial charge in [-0.05, 0) is 30.4 Å². The number of morpholine rings is 1. The number of benzene rings is 1. The molecule has 1 unspecified atom stereocenters. The lowest BCUT2D eigenvalue weighted by Gasteiger charge is -2.28.